The summed E-state index contributed by atoms with van der Waals surface area (Å²) in [5, 5.41) is 27.8. The van der Waals surface area contributed by atoms with Gasteiger partial charge in [-0.1, -0.05) is 12.8 Å². The van der Waals surface area contributed by atoms with Crippen LogP contribution in [-0.2, 0) is 4.79 Å². The van der Waals surface area contributed by atoms with Crippen LogP contribution in [0.4, 0.5) is 0 Å². The minimum absolute atomic E-state index is 0.250. The second-order valence-corrected chi connectivity index (χ2v) is 4.83. The van der Waals surface area contributed by atoms with Crippen LogP contribution >= 0.6 is 0 Å². The molecule has 7 heteroatoms. The summed E-state index contributed by atoms with van der Waals surface area (Å²) in [6, 6.07) is 1.28. The highest BCUT2D eigenvalue weighted by Crippen LogP contribution is 2.16. The van der Waals surface area contributed by atoms with Crippen molar-refractivity contribution in [3.05, 3.63) is 0 Å². The van der Waals surface area contributed by atoms with Gasteiger partial charge in [-0.2, -0.15) is 0 Å². The van der Waals surface area contributed by atoms with Crippen LogP contribution in [0.5, 0.6) is 0 Å². The second-order valence-electron chi connectivity index (χ2n) is 4.83. The molecule has 1 rings (SSSR count). The fourth-order valence-electron chi connectivity index (χ4n) is 2.13. The standard InChI is InChI=1S/C10H23BN2O2.CH2O2/c1-13(2)10-7-9(12-8-10)5-3-4-6-11(14)15;2-1-3/h9-10,12,14-15H,3-8H2,1-2H3;1H,(H,2,3). The molecule has 2 unspecified atom stereocenters. The number of likely N-dealkylation sites (N-methyl/N-ethyl adjacent to an activating group) is 1. The van der Waals surface area contributed by atoms with E-state index in [4.69, 9.17) is 19.9 Å². The fourth-order valence-corrected chi connectivity index (χ4v) is 2.13. The van der Waals surface area contributed by atoms with Crippen LogP contribution < -0.4 is 5.32 Å². The van der Waals surface area contributed by atoms with Gasteiger partial charge in [0.05, 0.1) is 0 Å². The Morgan fingerprint density at radius 3 is 2.44 bits per heavy atom. The summed E-state index contributed by atoms with van der Waals surface area (Å²) in [6.07, 6.45) is 4.85. The third-order valence-electron chi connectivity index (χ3n) is 3.19. The Bertz CT molecular complexity index is 217. The topological polar surface area (TPSA) is 93.0 Å². The lowest BCUT2D eigenvalue weighted by molar-refractivity contribution is -0.122. The number of hydrogen-bond acceptors (Lipinski definition) is 5. The molecular weight excluding hydrogens is 235 g/mol. The van der Waals surface area contributed by atoms with Gasteiger partial charge in [0.2, 0.25) is 0 Å². The van der Waals surface area contributed by atoms with Gasteiger partial charge in [-0.3, -0.25) is 4.79 Å². The molecule has 0 aromatic rings. The molecule has 2 atom stereocenters. The molecule has 106 valence electrons. The highest BCUT2D eigenvalue weighted by atomic mass is 16.4. The molecule has 6 nitrogen and oxygen atoms in total. The van der Waals surface area contributed by atoms with E-state index in [1.54, 1.807) is 0 Å². The summed E-state index contributed by atoms with van der Waals surface area (Å²) in [7, 11) is 3.12. The Balaban J connectivity index is 0.000000873. The largest absolute Gasteiger partial charge is 0.483 e. The van der Waals surface area contributed by atoms with E-state index in [1.165, 1.54) is 6.42 Å². The van der Waals surface area contributed by atoms with E-state index in [-0.39, 0.29) is 6.47 Å². The van der Waals surface area contributed by atoms with Gasteiger partial charge in [-0.25, -0.2) is 0 Å². The first kappa shape index (κ1) is 17.4. The first-order chi connectivity index (χ1) is 8.51. The molecular formula is C11H25BN2O4. The van der Waals surface area contributed by atoms with Crippen LogP contribution in [-0.4, -0.2) is 66.4 Å². The number of carboxylic acid groups (broad SMARTS) is 1. The molecule has 1 aliphatic rings. The molecule has 18 heavy (non-hydrogen) atoms. The molecule has 1 heterocycles. The van der Waals surface area contributed by atoms with Crippen molar-refractivity contribution in [1.82, 2.24) is 10.2 Å². The maximum atomic E-state index is 8.69. The van der Waals surface area contributed by atoms with Crippen LogP contribution in [0, 0.1) is 0 Å². The van der Waals surface area contributed by atoms with Crippen LogP contribution in [0.15, 0.2) is 0 Å². The predicted molar refractivity (Wildman–Crippen MR) is 71.4 cm³/mol. The molecule has 0 spiro atoms. The summed E-state index contributed by atoms with van der Waals surface area (Å²) >= 11 is 0. The van der Waals surface area contributed by atoms with Gasteiger partial charge in [0.25, 0.3) is 6.47 Å². The quantitative estimate of drug-likeness (QED) is 0.295. The zero-order valence-electron chi connectivity index (χ0n) is 11.2. The van der Waals surface area contributed by atoms with Crippen LogP contribution in [0.1, 0.15) is 25.7 Å². The van der Waals surface area contributed by atoms with Gasteiger partial charge < -0.3 is 25.4 Å². The number of hydrogen-bond donors (Lipinski definition) is 4. The highest BCUT2D eigenvalue weighted by molar-refractivity contribution is 6.40. The molecule has 0 aromatic heterocycles. The number of unbranched alkanes of at least 4 members (excludes halogenated alkanes) is 1. The average Bonchev–Trinajstić information content (AvgIpc) is 2.74. The van der Waals surface area contributed by atoms with Crippen molar-refractivity contribution in [2.45, 2.75) is 44.1 Å². The van der Waals surface area contributed by atoms with Crippen LogP contribution in [0.25, 0.3) is 0 Å². The minimum atomic E-state index is -1.13. The van der Waals surface area contributed by atoms with Crippen molar-refractivity contribution in [1.29, 1.82) is 0 Å². The Kier molecular flexibility index (Phi) is 9.95. The van der Waals surface area contributed by atoms with E-state index < -0.39 is 7.12 Å². The third-order valence-corrected chi connectivity index (χ3v) is 3.19. The molecule has 0 aromatic carbocycles. The monoisotopic (exact) mass is 260 g/mol. The van der Waals surface area contributed by atoms with E-state index in [1.807, 2.05) is 0 Å². The molecule has 0 bridgehead atoms. The molecule has 1 saturated heterocycles. The van der Waals surface area contributed by atoms with Gasteiger partial charge in [0, 0.05) is 18.6 Å². The van der Waals surface area contributed by atoms with E-state index in [2.05, 4.69) is 24.3 Å². The van der Waals surface area contributed by atoms with Crippen molar-refractivity contribution in [2.75, 3.05) is 20.6 Å². The summed E-state index contributed by atoms with van der Waals surface area (Å²) in [4.78, 5) is 10.6. The molecule has 1 fully saturated rings. The first-order valence-electron chi connectivity index (χ1n) is 6.35. The molecule has 4 N–H and O–H groups in total. The van der Waals surface area contributed by atoms with Gasteiger partial charge in [-0.15, -0.1) is 0 Å². The van der Waals surface area contributed by atoms with E-state index >= 15 is 0 Å². The first-order valence-corrected chi connectivity index (χ1v) is 6.35. The van der Waals surface area contributed by atoms with Gasteiger partial charge in [0.15, 0.2) is 0 Å². The minimum Gasteiger partial charge on any atom is -0.483 e. The molecule has 1 aliphatic heterocycles. The van der Waals surface area contributed by atoms with Crippen molar-refractivity contribution in [2.24, 2.45) is 0 Å². The lowest BCUT2D eigenvalue weighted by Gasteiger charge is -2.17. The number of carbonyl (C=O) groups is 1. The molecule has 0 radical (unpaired) electrons. The van der Waals surface area contributed by atoms with Crippen molar-refractivity contribution >= 4 is 13.6 Å². The molecule has 0 amide bonds. The third kappa shape index (κ3) is 8.46. The highest BCUT2D eigenvalue weighted by Gasteiger charge is 2.24. The average molecular weight is 260 g/mol. The van der Waals surface area contributed by atoms with Gasteiger partial charge >= 0.3 is 7.12 Å². The van der Waals surface area contributed by atoms with E-state index in [0.717, 1.165) is 25.8 Å². The number of nitrogens with zero attached hydrogens (tertiary/aromatic N) is 1. The Morgan fingerprint density at radius 2 is 2.00 bits per heavy atom. The Hall–Kier alpha value is -0.625. The van der Waals surface area contributed by atoms with Crippen molar-refractivity contribution in [3.8, 4) is 0 Å². The fraction of sp³-hybridized carbons (Fsp3) is 0.909. The Labute approximate surface area is 109 Å². The molecule has 0 saturated carbocycles. The lowest BCUT2D eigenvalue weighted by Crippen LogP contribution is -2.29. The van der Waals surface area contributed by atoms with E-state index in [0.29, 0.717) is 18.4 Å². The normalized spacial score (nSPS) is 22.5. The van der Waals surface area contributed by atoms with Crippen LogP contribution in [0.3, 0.4) is 0 Å². The number of nitrogens with one attached hydrogen (secondary N) is 1. The maximum absolute atomic E-state index is 8.69. The summed E-state index contributed by atoms with van der Waals surface area (Å²) < 4.78 is 0. The maximum Gasteiger partial charge on any atom is 0.451 e. The predicted octanol–water partition coefficient (Wildman–Crippen LogP) is -0.378. The zero-order chi connectivity index (χ0) is 14.0. The van der Waals surface area contributed by atoms with Gasteiger partial charge in [0.1, 0.15) is 0 Å². The summed E-state index contributed by atoms with van der Waals surface area (Å²) in [5.74, 6) is 0. The summed E-state index contributed by atoms with van der Waals surface area (Å²) in [6.45, 7) is 0.834. The van der Waals surface area contributed by atoms with Gasteiger partial charge in [-0.05, 0) is 33.3 Å². The lowest BCUT2D eigenvalue weighted by atomic mass is 9.83. The zero-order valence-corrected chi connectivity index (χ0v) is 11.2. The van der Waals surface area contributed by atoms with E-state index in [9.17, 15) is 0 Å². The molecule has 0 aliphatic carbocycles. The van der Waals surface area contributed by atoms with Crippen molar-refractivity contribution in [3.63, 3.8) is 0 Å². The Morgan fingerprint density at radius 1 is 1.39 bits per heavy atom. The second kappa shape index (κ2) is 10.3. The van der Waals surface area contributed by atoms with Crippen molar-refractivity contribution < 1.29 is 19.9 Å². The number of rotatable bonds is 6. The SMILES string of the molecule is CN(C)C1CNC(CCCCB(O)O)C1.O=CO. The summed E-state index contributed by atoms with van der Waals surface area (Å²) in [5.41, 5.74) is 0. The smallest absolute Gasteiger partial charge is 0.451 e. The van der Waals surface area contributed by atoms with Crippen LogP contribution in [0.2, 0.25) is 6.32 Å².